The number of hydrogen-bond donors (Lipinski definition) is 2. The highest BCUT2D eigenvalue weighted by Gasteiger charge is 2.23. The molecule has 0 bridgehead atoms. The third-order valence-electron chi connectivity index (χ3n) is 6.67. The number of rotatable bonds is 7. The van der Waals surface area contributed by atoms with Crippen LogP contribution in [0.4, 0.5) is 5.69 Å². The van der Waals surface area contributed by atoms with Crippen molar-refractivity contribution in [3.8, 4) is 17.3 Å². The summed E-state index contributed by atoms with van der Waals surface area (Å²) in [5.41, 5.74) is 8.01. The van der Waals surface area contributed by atoms with E-state index in [1.807, 2.05) is 12.1 Å². The lowest BCUT2D eigenvalue weighted by molar-refractivity contribution is 0.103. The Morgan fingerprint density at radius 1 is 1.00 bits per heavy atom. The number of benzene rings is 4. The molecule has 0 spiro atoms. The lowest BCUT2D eigenvalue weighted by Crippen LogP contribution is -2.15. The first-order chi connectivity index (χ1) is 19.0. The van der Waals surface area contributed by atoms with E-state index in [1.165, 1.54) is 16.3 Å². The van der Waals surface area contributed by atoms with Crippen molar-refractivity contribution in [1.29, 1.82) is 0 Å². The number of carbonyl (C=O) groups is 1. The molecule has 6 rings (SSSR count). The van der Waals surface area contributed by atoms with E-state index in [2.05, 4.69) is 51.0 Å². The number of aryl methyl sites for hydroxylation is 1. The summed E-state index contributed by atoms with van der Waals surface area (Å²) in [5.74, 6) is 0.375. The van der Waals surface area contributed by atoms with Crippen LogP contribution >= 0.6 is 0 Å². The summed E-state index contributed by atoms with van der Waals surface area (Å²) < 4.78 is 11.8. The van der Waals surface area contributed by atoms with Crippen LogP contribution < -0.4 is 15.9 Å². The average Bonchev–Trinajstić information content (AvgIpc) is 3.50. The number of nitrogens with one attached hydrogen (secondary N) is 1. The van der Waals surface area contributed by atoms with Gasteiger partial charge >= 0.3 is 0 Å². The van der Waals surface area contributed by atoms with Crippen molar-refractivity contribution in [3.63, 3.8) is 0 Å². The molecule has 0 fully saturated rings. The molecule has 39 heavy (non-hydrogen) atoms. The molecule has 4 aromatic carbocycles. The molecule has 0 radical (unpaired) electrons. The zero-order chi connectivity index (χ0) is 26.9. The van der Waals surface area contributed by atoms with E-state index in [0.29, 0.717) is 23.5 Å². The Morgan fingerprint density at radius 2 is 1.79 bits per heavy atom. The second kappa shape index (κ2) is 9.86. The van der Waals surface area contributed by atoms with E-state index in [4.69, 9.17) is 14.9 Å². The summed E-state index contributed by atoms with van der Waals surface area (Å²) in [5, 5.41) is 16.0. The molecule has 192 valence electrons. The Kier molecular flexibility index (Phi) is 6.08. The van der Waals surface area contributed by atoms with Gasteiger partial charge in [0.05, 0.1) is 12.0 Å². The van der Waals surface area contributed by atoms with Crippen molar-refractivity contribution < 1.29 is 13.9 Å². The minimum absolute atomic E-state index is 0.00584. The van der Waals surface area contributed by atoms with Gasteiger partial charge < -0.3 is 14.9 Å². The quantitative estimate of drug-likeness (QED) is 0.286. The Balaban J connectivity index is 1.23. The van der Waals surface area contributed by atoms with Gasteiger partial charge in [0.15, 0.2) is 5.78 Å². The summed E-state index contributed by atoms with van der Waals surface area (Å²) in [4.78, 5) is 26.8. The number of aromatic amines is 1. The standard InChI is InChI=1S/C30H23N5O4/c1-17-6-13-23-25(28(37)26(31)29(39-23)30-32-34-35-33-30)24(17)27(36)20-9-11-22(12-10-20)38-15-14-18-7-8-19-4-2-3-5-21(19)16-18/h2-13,16H,14-15,31H2,1H3,(H,32,33,34,35). The van der Waals surface area contributed by atoms with Crippen LogP contribution in [0, 0.1) is 6.92 Å². The number of aromatic nitrogens is 4. The van der Waals surface area contributed by atoms with Gasteiger partial charge in [0.1, 0.15) is 17.0 Å². The minimum Gasteiger partial charge on any atom is -0.493 e. The van der Waals surface area contributed by atoms with E-state index in [-0.39, 0.29) is 39.6 Å². The maximum absolute atomic E-state index is 13.6. The number of tetrazole rings is 1. The molecule has 0 aliphatic heterocycles. The normalized spacial score (nSPS) is 11.2. The van der Waals surface area contributed by atoms with Crippen molar-refractivity contribution in [2.24, 2.45) is 0 Å². The summed E-state index contributed by atoms with van der Waals surface area (Å²) in [6, 6.07) is 24.8. The van der Waals surface area contributed by atoms with Gasteiger partial charge in [-0.1, -0.05) is 48.5 Å². The highest BCUT2D eigenvalue weighted by molar-refractivity contribution is 6.17. The third-order valence-corrected chi connectivity index (χ3v) is 6.67. The molecule has 9 heteroatoms. The topological polar surface area (TPSA) is 137 Å². The first-order valence-corrected chi connectivity index (χ1v) is 12.3. The molecular weight excluding hydrogens is 494 g/mol. The lowest BCUT2D eigenvalue weighted by atomic mass is 9.94. The second-order valence-electron chi connectivity index (χ2n) is 9.17. The predicted molar refractivity (Wildman–Crippen MR) is 148 cm³/mol. The first kappa shape index (κ1) is 24.1. The van der Waals surface area contributed by atoms with Crippen LogP contribution in [0.2, 0.25) is 0 Å². The van der Waals surface area contributed by atoms with E-state index in [9.17, 15) is 9.59 Å². The van der Waals surface area contributed by atoms with Gasteiger partial charge in [-0.2, -0.15) is 5.21 Å². The number of H-pyrrole nitrogens is 1. The minimum atomic E-state index is -0.531. The highest BCUT2D eigenvalue weighted by atomic mass is 16.5. The van der Waals surface area contributed by atoms with E-state index < -0.39 is 5.43 Å². The number of ether oxygens (including phenoxy) is 1. The summed E-state index contributed by atoms with van der Waals surface area (Å²) in [6.07, 6.45) is 0.754. The van der Waals surface area contributed by atoms with Crippen LogP contribution in [-0.4, -0.2) is 33.0 Å². The number of nitrogen functional groups attached to an aromatic ring is 1. The number of carbonyl (C=O) groups excluding carboxylic acids is 1. The molecule has 0 amide bonds. The molecule has 0 aliphatic carbocycles. The van der Waals surface area contributed by atoms with Crippen molar-refractivity contribution in [2.45, 2.75) is 13.3 Å². The van der Waals surface area contributed by atoms with Gasteiger partial charge in [-0.25, -0.2) is 0 Å². The predicted octanol–water partition coefficient (Wildman–Crippen LogP) is 4.87. The fourth-order valence-corrected chi connectivity index (χ4v) is 4.65. The van der Waals surface area contributed by atoms with Crippen molar-refractivity contribution in [2.75, 3.05) is 12.3 Å². The molecule has 0 saturated heterocycles. The maximum Gasteiger partial charge on any atom is 0.242 e. The molecule has 0 unspecified atom stereocenters. The van der Waals surface area contributed by atoms with Crippen LogP contribution in [0.3, 0.4) is 0 Å². The lowest BCUT2D eigenvalue weighted by Gasteiger charge is -2.11. The maximum atomic E-state index is 13.6. The zero-order valence-electron chi connectivity index (χ0n) is 21.0. The van der Waals surface area contributed by atoms with Crippen LogP contribution in [0.5, 0.6) is 5.75 Å². The zero-order valence-corrected chi connectivity index (χ0v) is 21.0. The molecule has 9 nitrogen and oxygen atoms in total. The van der Waals surface area contributed by atoms with Gasteiger partial charge in [0, 0.05) is 17.5 Å². The largest absolute Gasteiger partial charge is 0.493 e. The van der Waals surface area contributed by atoms with Crippen LogP contribution in [0.1, 0.15) is 27.0 Å². The fourth-order valence-electron chi connectivity index (χ4n) is 4.65. The van der Waals surface area contributed by atoms with Crippen LogP contribution in [0.25, 0.3) is 33.3 Å². The van der Waals surface area contributed by atoms with E-state index >= 15 is 0 Å². The number of fused-ring (bicyclic) bond motifs is 2. The average molecular weight is 518 g/mol. The Bertz CT molecular complexity index is 1890. The molecule has 2 aromatic heterocycles. The number of hydrogen-bond acceptors (Lipinski definition) is 8. The van der Waals surface area contributed by atoms with Gasteiger partial charge in [-0.05, 0) is 64.4 Å². The summed E-state index contributed by atoms with van der Waals surface area (Å²) in [7, 11) is 0. The first-order valence-electron chi connectivity index (χ1n) is 12.3. The van der Waals surface area contributed by atoms with Crippen molar-refractivity contribution in [1.82, 2.24) is 20.6 Å². The number of ketones is 1. The monoisotopic (exact) mass is 517 g/mol. The van der Waals surface area contributed by atoms with E-state index in [1.54, 1.807) is 43.3 Å². The van der Waals surface area contributed by atoms with Crippen LogP contribution in [0.15, 0.2) is 88.1 Å². The van der Waals surface area contributed by atoms with Crippen molar-refractivity contribution >= 4 is 33.2 Å². The smallest absolute Gasteiger partial charge is 0.242 e. The van der Waals surface area contributed by atoms with Gasteiger partial charge in [0.2, 0.25) is 17.0 Å². The third kappa shape index (κ3) is 4.50. The Morgan fingerprint density at radius 3 is 2.56 bits per heavy atom. The molecule has 0 atom stereocenters. The number of nitrogens with two attached hydrogens (primary N) is 1. The second-order valence-corrected chi connectivity index (χ2v) is 9.17. The van der Waals surface area contributed by atoms with Gasteiger partial charge in [-0.15, -0.1) is 10.2 Å². The fraction of sp³-hybridized carbons (Fsp3) is 0.100. The molecule has 2 heterocycles. The van der Waals surface area contributed by atoms with Gasteiger partial charge in [-0.3, -0.25) is 9.59 Å². The van der Waals surface area contributed by atoms with E-state index in [0.717, 1.165) is 6.42 Å². The molecule has 0 aliphatic rings. The Labute approximate surface area is 222 Å². The molecule has 3 N–H and O–H groups in total. The summed E-state index contributed by atoms with van der Waals surface area (Å²) in [6.45, 7) is 2.26. The SMILES string of the molecule is Cc1ccc2oc(-c3nn[nH]n3)c(N)c(=O)c2c1C(=O)c1ccc(OCCc2ccc3ccccc3c2)cc1. The molecule has 6 aromatic rings. The van der Waals surface area contributed by atoms with Crippen molar-refractivity contribution in [3.05, 3.63) is 111 Å². The van der Waals surface area contributed by atoms with Gasteiger partial charge in [0.25, 0.3) is 0 Å². The highest BCUT2D eigenvalue weighted by Crippen LogP contribution is 2.29. The number of anilines is 1. The molecular formula is C30H23N5O4. The van der Waals surface area contributed by atoms with Crippen LogP contribution in [-0.2, 0) is 6.42 Å². The summed E-state index contributed by atoms with van der Waals surface area (Å²) >= 11 is 0. The molecule has 0 saturated carbocycles. The Hall–Kier alpha value is -5.31. The number of nitrogens with zero attached hydrogens (tertiary/aromatic N) is 3.